The van der Waals surface area contributed by atoms with Crippen LogP contribution in [0.15, 0.2) is 24.3 Å². The van der Waals surface area contributed by atoms with Crippen molar-refractivity contribution in [2.75, 3.05) is 0 Å². The van der Waals surface area contributed by atoms with Gasteiger partial charge in [-0.05, 0) is 0 Å². The fourth-order valence-electron chi connectivity index (χ4n) is 1.47. The van der Waals surface area contributed by atoms with Crippen molar-refractivity contribution in [2.24, 2.45) is 0 Å². The van der Waals surface area contributed by atoms with E-state index in [0.29, 0.717) is 0 Å². The normalized spacial score (nSPS) is 11.0. The van der Waals surface area contributed by atoms with Crippen LogP contribution in [0.25, 0.3) is 0 Å². The third-order valence-corrected chi connectivity index (χ3v) is 2.76. The average Bonchev–Trinajstić information content (AvgIpc) is 2.91. The van der Waals surface area contributed by atoms with E-state index in [4.69, 9.17) is 0 Å². The quantitative estimate of drug-likeness (QED) is 0.484. The summed E-state index contributed by atoms with van der Waals surface area (Å²) in [5.41, 5.74) is 5.75. The van der Waals surface area contributed by atoms with E-state index in [2.05, 4.69) is 59.0 Å². The van der Waals surface area contributed by atoms with Crippen molar-refractivity contribution < 1.29 is 26.2 Å². The molecule has 0 saturated carbocycles. The second-order valence-electron chi connectivity index (χ2n) is 4.34. The van der Waals surface area contributed by atoms with Gasteiger partial charge in [0.05, 0.1) is 0 Å². The zero-order valence-corrected chi connectivity index (χ0v) is 16.2. The predicted molar refractivity (Wildman–Crippen MR) is 81.4 cm³/mol. The maximum Gasteiger partial charge on any atom is 2.00 e. The second-order valence-corrected chi connectivity index (χ2v) is 5.50. The van der Waals surface area contributed by atoms with Gasteiger partial charge in [-0.2, -0.15) is 34.4 Å². The molecule has 97 valence electrons. The summed E-state index contributed by atoms with van der Waals surface area (Å²) in [6.45, 7) is 13.1. The maximum atomic E-state index is 2.99. The topological polar surface area (TPSA) is 0 Å². The van der Waals surface area contributed by atoms with E-state index in [1.54, 1.807) is 0 Å². The molecule has 1 aromatic carbocycles. The molecule has 1 aromatic rings. The zero-order valence-electron chi connectivity index (χ0n) is 12.6. The summed E-state index contributed by atoms with van der Waals surface area (Å²) in [6, 6.07) is 2.24. The molecule has 0 unspecified atom stereocenters. The molecule has 0 N–H and O–H groups in total. The van der Waals surface area contributed by atoms with Gasteiger partial charge in [-0.15, -0.1) is 6.42 Å². The molecule has 2 rings (SSSR count). The molecule has 0 aromatic heterocycles. The molecule has 2 heteroatoms. The Kier molecular flexibility index (Phi) is 13.5. The largest absolute Gasteiger partial charge is 2.00 e. The molecule has 1 radical (unpaired) electrons. The van der Waals surface area contributed by atoms with Gasteiger partial charge in [0, 0.05) is 9.52 Å². The van der Waals surface area contributed by atoms with Crippen LogP contribution < -0.4 is 0 Å². The van der Waals surface area contributed by atoms with E-state index in [-0.39, 0.29) is 26.2 Å². The summed E-state index contributed by atoms with van der Waals surface area (Å²) >= 11 is 0. The second kappa shape index (κ2) is 12.0. The molecule has 18 heavy (non-hydrogen) atoms. The van der Waals surface area contributed by atoms with Gasteiger partial charge in [0.25, 0.3) is 0 Å². The van der Waals surface area contributed by atoms with Crippen molar-refractivity contribution in [3.63, 3.8) is 0 Å². The predicted octanol–water partition coefficient (Wildman–Crippen LogP) is 4.46. The summed E-state index contributed by atoms with van der Waals surface area (Å²) in [5.74, 6) is 0. The molecule has 1 aliphatic rings. The van der Waals surface area contributed by atoms with Crippen molar-refractivity contribution >= 4 is 9.52 Å². The zero-order chi connectivity index (χ0) is 13.3. The smallest absolute Gasteiger partial charge is 0.273 e. The Labute approximate surface area is 135 Å². The molecule has 0 bridgehead atoms. The van der Waals surface area contributed by atoms with Crippen molar-refractivity contribution in [3.05, 3.63) is 52.6 Å². The van der Waals surface area contributed by atoms with Crippen LogP contribution in [0.4, 0.5) is 0 Å². The van der Waals surface area contributed by atoms with E-state index in [9.17, 15) is 0 Å². The Hall–Kier alpha value is -0.0700. The van der Waals surface area contributed by atoms with E-state index >= 15 is 0 Å². The van der Waals surface area contributed by atoms with Gasteiger partial charge >= 0.3 is 26.2 Å². The molecule has 0 spiro atoms. The van der Waals surface area contributed by atoms with E-state index < -0.39 is 0 Å². The molecule has 0 nitrogen and oxygen atoms in total. The van der Waals surface area contributed by atoms with E-state index in [0.717, 1.165) is 15.9 Å². The minimum atomic E-state index is 0. The molecule has 0 fully saturated rings. The minimum Gasteiger partial charge on any atom is -0.273 e. The summed E-state index contributed by atoms with van der Waals surface area (Å²) in [4.78, 5) is 0. The van der Waals surface area contributed by atoms with Gasteiger partial charge in [-0.1, -0.05) is 40.8 Å². The Morgan fingerprint density at radius 2 is 1.78 bits per heavy atom. The first-order valence-electron chi connectivity index (χ1n) is 6.20. The third kappa shape index (κ3) is 8.11. The van der Waals surface area contributed by atoms with Crippen molar-refractivity contribution in [1.29, 1.82) is 0 Å². The molecule has 0 heterocycles. The molecule has 1 aliphatic carbocycles. The fraction of sp³-hybridized carbons (Fsp3) is 0.438. The molecular weight excluding hydrogens is 311 g/mol. The number of hydrogen-bond acceptors (Lipinski definition) is 0. The van der Waals surface area contributed by atoms with Crippen LogP contribution >= 0.6 is 0 Å². The number of rotatable bonds is 0. The number of allylic oxidation sites excluding steroid dienone is 4. The molecule has 0 atom stereocenters. The van der Waals surface area contributed by atoms with Gasteiger partial charge in [-0.25, -0.2) is 12.2 Å². The average molecular weight is 337 g/mol. The van der Waals surface area contributed by atoms with Crippen molar-refractivity contribution in [1.82, 2.24) is 0 Å². The first kappa shape index (κ1) is 20.3. The van der Waals surface area contributed by atoms with Gasteiger partial charge in [-0.3, -0.25) is 6.08 Å². The molecular formula is C16H25SiZr. The number of hydrogen-bond donors (Lipinski definition) is 0. The Morgan fingerprint density at radius 1 is 1.22 bits per heavy atom. The monoisotopic (exact) mass is 335 g/mol. The number of aryl methyl sites for hydroxylation is 2. The maximum absolute atomic E-state index is 2.99. The van der Waals surface area contributed by atoms with Gasteiger partial charge in [0.1, 0.15) is 0 Å². The van der Waals surface area contributed by atoms with Crippen molar-refractivity contribution in [2.45, 2.75) is 47.2 Å². The van der Waals surface area contributed by atoms with E-state index in [1.807, 2.05) is 12.2 Å². The van der Waals surface area contributed by atoms with Crippen molar-refractivity contribution in [3.8, 4) is 0 Å². The van der Waals surface area contributed by atoms with Gasteiger partial charge in [0.15, 0.2) is 0 Å². The fourth-order valence-corrected chi connectivity index (χ4v) is 1.47. The van der Waals surface area contributed by atoms with Crippen LogP contribution in [0, 0.1) is 33.8 Å². The first-order chi connectivity index (χ1) is 8.04. The van der Waals surface area contributed by atoms with Gasteiger partial charge in [0.2, 0.25) is 0 Å². The van der Waals surface area contributed by atoms with Crippen LogP contribution in [0.3, 0.4) is 0 Å². The minimum absolute atomic E-state index is 0. The summed E-state index contributed by atoms with van der Waals surface area (Å²) in [6.07, 6.45) is 10.0. The SMILES string of the molecule is C[SiH]C.Cc1c[c-](C)c(C)c1C.[C-]1=CC=CC1.[Zr+2]. The van der Waals surface area contributed by atoms with Crippen LogP contribution in [0.5, 0.6) is 0 Å². The Morgan fingerprint density at radius 3 is 1.89 bits per heavy atom. The summed E-state index contributed by atoms with van der Waals surface area (Å²) in [7, 11) is 0.750. The molecule has 0 aliphatic heterocycles. The van der Waals surface area contributed by atoms with Crippen LogP contribution in [-0.2, 0) is 26.2 Å². The third-order valence-electron chi connectivity index (χ3n) is 2.76. The molecule has 0 saturated heterocycles. The van der Waals surface area contributed by atoms with Crippen LogP contribution in [0.1, 0.15) is 28.7 Å². The molecule has 0 amide bonds. The first-order valence-corrected chi connectivity index (χ1v) is 8.51. The summed E-state index contributed by atoms with van der Waals surface area (Å²) in [5, 5.41) is 0. The standard InChI is InChI=1S/C9H13.C5H5.C2H7Si.Zr/c1-6-5-7(2)9(4)8(6)3;1-2-4-5-3-1;1-3-2;/h5H,1-4H3;1-3H,4H2;3H,1-2H3;/q2*-1;;+2. The van der Waals surface area contributed by atoms with Gasteiger partial charge < -0.3 is 0 Å². The van der Waals surface area contributed by atoms with E-state index in [1.165, 1.54) is 22.3 Å². The Balaban J connectivity index is 0. The van der Waals surface area contributed by atoms with Crippen LogP contribution in [0.2, 0.25) is 13.1 Å². The van der Waals surface area contributed by atoms with Crippen LogP contribution in [-0.4, -0.2) is 9.52 Å². The Bertz CT molecular complexity index is 340. The summed E-state index contributed by atoms with van der Waals surface area (Å²) < 4.78 is 0.